The zero-order valence-electron chi connectivity index (χ0n) is 28.2. The van der Waals surface area contributed by atoms with Crippen LogP contribution in [-0.4, -0.2) is 43.4 Å². The Kier molecular flexibility index (Phi) is 8.30. The minimum Gasteiger partial charge on any atom is -0.493 e. The normalized spacial score (nSPS) is 11.4. The molecule has 260 valence electrons. The Hall–Kier alpha value is -6.50. The molecule has 0 spiro atoms. The first-order valence-corrected chi connectivity index (χ1v) is 17.6. The first-order valence-electron chi connectivity index (χ1n) is 16.4. The van der Waals surface area contributed by atoms with Gasteiger partial charge in [0, 0.05) is 74.1 Å². The summed E-state index contributed by atoms with van der Waals surface area (Å²) in [5, 5.41) is 12.1. The molecule has 0 unspecified atom stereocenters. The summed E-state index contributed by atoms with van der Waals surface area (Å²) in [7, 11) is 3.14. The Balaban J connectivity index is 1.01. The fourth-order valence-corrected chi connectivity index (χ4v) is 7.10. The van der Waals surface area contributed by atoms with Gasteiger partial charge in [0.15, 0.2) is 28.8 Å². The summed E-state index contributed by atoms with van der Waals surface area (Å²) in [4.78, 5) is 8.95. The molecule has 0 N–H and O–H groups in total. The maximum Gasteiger partial charge on any atom is 0.214 e. The Labute approximate surface area is 311 Å². The third kappa shape index (κ3) is 6.03. The second-order valence-corrected chi connectivity index (χ2v) is 13.1. The number of rotatable bonds is 10. The summed E-state index contributed by atoms with van der Waals surface area (Å²) < 4.78 is 35.8. The van der Waals surface area contributed by atoms with Crippen LogP contribution in [0.25, 0.3) is 72.2 Å². The Morgan fingerprint density at radius 1 is 0.698 bits per heavy atom. The van der Waals surface area contributed by atoms with E-state index in [2.05, 4.69) is 48.5 Å². The van der Waals surface area contributed by atoms with E-state index >= 15 is 0 Å². The van der Waals surface area contributed by atoms with Crippen LogP contribution in [0.4, 0.5) is 0 Å². The van der Waals surface area contributed by atoms with Crippen LogP contribution >= 0.6 is 23.1 Å². The van der Waals surface area contributed by atoms with E-state index in [1.807, 2.05) is 78.9 Å². The highest BCUT2D eigenvalue weighted by atomic mass is 35.5. The number of para-hydroxylation sites is 1. The molecular weight excluding hydrogens is 712 g/mol. The van der Waals surface area contributed by atoms with Crippen molar-refractivity contribution in [2.75, 3.05) is 14.2 Å². The lowest BCUT2D eigenvalue weighted by Gasteiger charge is -2.14. The van der Waals surface area contributed by atoms with E-state index in [0.29, 0.717) is 51.0 Å². The standard InChI is InChI=1S/C40H27ClN6O5S/c1-48-36-18-26(19-37(49-2)38(36)50-22-28-20-31(44-51-28)23-13-15-42-16-14-23)32-21-35(52-45-32)25-9-12-34-30(17-25)29-5-3-4-6-33(29)47(34)40-43-39(46-53-40)24-7-10-27(41)11-8-24/h3-21H,22H2,1-2H3. The van der Waals surface area contributed by atoms with Crippen molar-refractivity contribution in [3.8, 4) is 67.6 Å². The lowest BCUT2D eigenvalue weighted by molar-refractivity contribution is 0.229. The smallest absolute Gasteiger partial charge is 0.214 e. The largest absolute Gasteiger partial charge is 0.493 e. The summed E-state index contributed by atoms with van der Waals surface area (Å²) in [6.07, 6.45) is 3.41. The van der Waals surface area contributed by atoms with Crippen LogP contribution in [0, 0.1) is 0 Å². The fraction of sp³-hybridized carbons (Fsp3) is 0.0750. The molecule has 0 saturated heterocycles. The minimum absolute atomic E-state index is 0.111. The second kappa shape index (κ2) is 13.6. The molecule has 11 nitrogen and oxygen atoms in total. The maximum absolute atomic E-state index is 6.13. The number of halogens is 1. The third-order valence-electron chi connectivity index (χ3n) is 8.83. The van der Waals surface area contributed by atoms with Crippen LogP contribution in [-0.2, 0) is 6.61 Å². The van der Waals surface area contributed by atoms with Crippen LogP contribution in [0.1, 0.15) is 5.76 Å². The summed E-state index contributed by atoms with van der Waals surface area (Å²) in [6.45, 7) is 0.111. The summed E-state index contributed by atoms with van der Waals surface area (Å²) in [5.74, 6) is 3.13. The monoisotopic (exact) mass is 738 g/mol. The van der Waals surface area contributed by atoms with Crippen LogP contribution < -0.4 is 14.2 Å². The number of methoxy groups -OCH3 is 2. The topological polar surface area (TPSA) is 123 Å². The van der Waals surface area contributed by atoms with Gasteiger partial charge in [-0.15, -0.1) is 0 Å². The van der Waals surface area contributed by atoms with Crippen molar-refractivity contribution in [3.63, 3.8) is 0 Å². The quantitative estimate of drug-likeness (QED) is 0.134. The highest BCUT2D eigenvalue weighted by Crippen LogP contribution is 2.43. The van der Waals surface area contributed by atoms with Gasteiger partial charge in [0.1, 0.15) is 18.0 Å². The summed E-state index contributed by atoms with van der Waals surface area (Å²) >= 11 is 7.45. The highest BCUT2D eigenvalue weighted by molar-refractivity contribution is 7.08. The molecule has 0 atom stereocenters. The van der Waals surface area contributed by atoms with E-state index in [1.54, 1.807) is 26.6 Å². The van der Waals surface area contributed by atoms with Gasteiger partial charge in [-0.3, -0.25) is 9.55 Å². The van der Waals surface area contributed by atoms with Crippen molar-refractivity contribution in [1.82, 2.24) is 29.2 Å². The van der Waals surface area contributed by atoms with E-state index in [1.165, 1.54) is 11.5 Å². The van der Waals surface area contributed by atoms with Crippen LogP contribution in [0.15, 0.2) is 125 Å². The SMILES string of the molecule is COc1cc(-c2cc(-c3ccc4c(c3)c3ccccc3n4-c3nc(-c4ccc(Cl)cc4)ns3)on2)cc(OC)c1OCc1cc(-c2ccncc2)no1. The number of pyridine rings is 1. The maximum atomic E-state index is 6.13. The van der Waals surface area contributed by atoms with Gasteiger partial charge in [-0.25, -0.2) is 0 Å². The van der Waals surface area contributed by atoms with E-state index < -0.39 is 0 Å². The number of hydrogen-bond donors (Lipinski definition) is 0. The predicted octanol–water partition coefficient (Wildman–Crippen LogP) is 9.92. The first kappa shape index (κ1) is 32.4. The molecule has 0 aliphatic heterocycles. The van der Waals surface area contributed by atoms with Gasteiger partial charge in [0.25, 0.3) is 0 Å². The number of hydrogen-bond acceptors (Lipinski definition) is 11. The van der Waals surface area contributed by atoms with Gasteiger partial charge in [0.05, 0.1) is 25.3 Å². The minimum atomic E-state index is 0.111. The Bertz CT molecular complexity index is 2710. The van der Waals surface area contributed by atoms with E-state index in [-0.39, 0.29) is 6.61 Å². The number of ether oxygens (including phenoxy) is 3. The summed E-state index contributed by atoms with van der Waals surface area (Å²) in [5.41, 5.74) is 6.71. The number of fused-ring (bicyclic) bond motifs is 3. The van der Waals surface area contributed by atoms with Crippen molar-refractivity contribution in [1.29, 1.82) is 0 Å². The number of benzene rings is 4. The van der Waals surface area contributed by atoms with Gasteiger partial charge in [-0.05, 0) is 72.8 Å². The summed E-state index contributed by atoms with van der Waals surface area (Å²) in [6, 6.07) is 33.1. The lowest BCUT2D eigenvalue weighted by atomic mass is 10.1. The molecule has 9 aromatic rings. The van der Waals surface area contributed by atoms with Crippen molar-refractivity contribution < 1.29 is 23.3 Å². The molecule has 53 heavy (non-hydrogen) atoms. The molecule has 0 amide bonds. The molecule has 5 heterocycles. The molecule has 4 aromatic carbocycles. The van der Waals surface area contributed by atoms with Gasteiger partial charge < -0.3 is 23.3 Å². The molecule has 9 rings (SSSR count). The van der Waals surface area contributed by atoms with Gasteiger partial charge >= 0.3 is 0 Å². The zero-order chi connectivity index (χ0) is 35.9. The zero-order valence-corrected chi connectivity index (χ0v) is 29.8. The van der Waals surface area contributed by atoms with Crippen molar-refractivity contribution in [2.24, 2.45) is 0 Å². The van der Waals surface area contributed by atoms with Crippen molar-refractivity contribution >= 4 is 44.9 Å². The van der Waals surface area contributed by atoms with E-state index in [4.69, 9.17) is 39.8 Å². The molecule has 13 heteroatoms. The Morgan fingerprint density at radius 3 is 2.21 bits per heavy atom. The molecule has 0 aliphatic rings. The Morgan fingerprint density at radius 2 is 1.42 bits per heavy atom. The molecule has 0 fully saturated rings. The lowest BCUT2D eigenvalue weighted by Crippen LogP contribution is -2.00. The molecular formula is C40H27ClN6O5S. The molecule has 0 saturated carbocycles. The second-order valence-electron chi connectivity index (χ2n) is 12.0. The average molecular weight is 739 g/mol. The van der Waals surface area contributed by atoms with Gasteiger partial charge in [-0.2, -0.15) is 9.36 Å². The van der Waals surface area contributed by atoms with Crippen molar-refractivity contribution in [3.05, 3.63) is 126 Å². The molecule has 0 bridgehead atoms. The highest BCUT2D eigenvalue weighted by Gasteiger charge is 2.21. The fourth-order valence-electron chi connectivity index (χ4n) is 6.26. The van der Waals surface area contributed by atoms with Gasteiger partial charge in [-0.1, -0.05) is 40.1 Å². The third-order valence-corrected chi connectivity index (χ3v) is 9.78. The van der Waals surface area contributed by atoms with E-state index in [9.17, 15) is 0 Å². The first-order chi connectivity index (χ1) is 26.1. The van der Waals surface area contributed by atoms with Gasteiger partial charge in [0.2, 0.25) is 10.9 Å². The van der Waals surface area contributed by atoms with Crippen LogP contribution in [0.3, 0.4) is 0 Å². The molecule has 5 aromatic heterocycles. The van der Waals surface area contributed by atoms with E-state index in [0.717, 1.165) is 49.2 Å². The number of nitrogens with zero attached hydrogens (tertiary/aromatic N) is 6. The molecule has 0 radical (unpaired) electrons. The van der Waals surface area contributed by atoms with Crippen LogP contribution in [0.5, 0.6) is 17.2 Å². The average Bonchev–Trinajstić information content (AvgIpc) is 4.03. The van der Waals surface area contributed by atoms with Crippen molar-refractivity contribution in [2.45, 2.75) is 6.61 Å². The van der Waals surface area contributed by atoms with Crippen LogP contribution in [0.2, 0.25) is 5.02 Å². The number of aromatic nitrogens is 6. The molecule has 0 aliphatic carbocycles. The predicted molar refractivity (Wildman–Crippen MR) is 203 cm³/mol.